The number of carbonyl (C=O) groups excluding carboxylic acids is 1. The Morgan fingerprint density at radius 1 is 1.27 bits per heavy atom. The highest BCUT2D eigenvalue weighted by Crippen LogP contribution is 2.15. The number of benzene rings is 2. The fraction of sp³-hybridized carbons (Fsp3) is 0.188. The SMILES string of the molecule is CS(=O)Cc1cccc(C(=O)NCc2cc(Br)ccc2F)c1. The second-order valence-electron chi connectivity index (χ2n) is 4.84. The van der Waals surface area contributed by atoms with Crippen molar-refractivity contribution < 1.29 is 13.4 Å². The van der Waals surface area contributed by atoms with Crippen molar-refractivity contribution >= 4 is 32.6 Å². The zero-order valence-corrected chi connectivity index (χ0v) is 14.3. The van der Waals surface area contributed by atoms with Crippen LogP contribution in [0.3, 0.4) is 0 Å². The van der Waals surface area contributed by atoms with Gasteiger partial charge in [-0.3, -0.25) is 9.00 Å². The van der Waals surface area contributed by atoms with Crippen LogP contribution in [-0.4, -0.2) is 16.4 Å². The van der Waals surface area contributed by atoms with Gasteiger partial charge >= 0.3 is 0 Å². The van der Waals surface area contributed by atoms with Gasteiger partial charge in [-0.05, 0) is 35.9 Å². The summed E-state index contributed by atoms with van der Waals surface area (Å²) in [6.45, 7) is 0.105. The van der Waals surface area contributed by atoms with Crippen molar-refractivity contribution in [3.63, 3.8) is 0 Å². The molecular weight excluding hydrogens is 369 g/mol. The van der Waals surface area contributed by atoms with E-state index in [0.29, 0.717) is 16.9 Å². The Morgan fingerprint density at radius 3 is 2.77 bits per heavy atom. The molecular formula is C16H15BrFNO2S. The number of nitrogens with one attached hydrogen (secondary N) is 1. The Kier molecular flexibility index (Phi) is 5.85. The number of hydrogen-bond donors (Lipinski definition) is 1. The molecule has 116 valence electrons. The van der Waals surface area contributed by atoms with E-state index in [-0.39, 0.29) is 18.3 Å². The Hall–Kier alpha value is -1.53. The van der Waals surface area contributed by atoms with E-state index in [2.05, 4.69) is 21.2 Å². The number of amides is 1. The van der Waals surface area contributed by atoms with E-state index in [1.807, 2.05) is 6.07 Å². The molecule has 1 atom stereocenters. The van der Waals surface area contributed by atoms with E-state index in [9.17, 15) is 13.4 Å². The summed E-state index contributed by atoms with van der Waals surface area (Å²) in [7, 11) is -0.964. The lowest BCUT2D eigenvalue weighted by Crippen LogP contribution is -2.23. The van der Waals surface area contributed by atoms with Gasteiger partial charge in [0.2, 0.25) is 0 Å². The number of hydrogen-bond acceptors (Lipinski definition) is 2. The summed E-state index contributed by atoms with van der Waals surface area (Å²) in [5.74, 6) is -0.247. The Balaban J connectivity index is 2.06. The molecule has 1 N–H and O–H groups in total. The topological polar surface area (TPSA) is 46.2 Å². The van der Waals surface area contributed by atoms with Gasteiger partial charge in [-0.1, -0.05) is 28.1 Å². The summed E-state index contributed by atoms with van der Waals surface area (Å²) in [6, 6.07) is 11.5. The molecule has 1 amide bonds. The van der Waals surface area contributed by atoms with Crippen LogP contribution in [0.25, 0.3) is 0 Å². The van der Waals surface area contributed by atoms with Gasteiger partial charge in [-0.15, -0.1) is 0 Å². The van der Waals surface area contributed by atoms with Crippen LogP contribution in [0.4, 0.5) is 4.39 Å². The van der Waals surface area contributed by atoms with Crippen LogP contribution in [-0.2, 0) is 23.1 Å². The maximum Gasteiger partial charge on any atom is 0.251 e. The van der Waals surface area contributed by atoms with Crippen molar-refractivity contribution in [3.8, 4) is 0 Å². The van der Waals surface area contributed by atoms with Gasteiger partial charge in [0.15, 0.2) is 0 Å². The van der Waals surface area contributed by atoms with Crippen LogP contribution in [0.15, 0.2) is 46.9 Å². The molecule has 0 aliphatic heterocycles. The van der Waals surface area contributed by atoms with E-state index in [1.54, 1.807) is 36.6 Å². The van der Waals surface area contributed by atoms with E-state index in [0.717, 1.165) is 10.0 Å². The molecule has 1 unspecified atom stereocenters. The van der Waals surface area contributed by atoms with E-state index < -0.39 is 10.8 Å². The molecule has 0 saturated heterocycles. The average molecular weight is 384 g/mol. The standard InChI is InChI=1S/C16H15BrFNO2S/c1-22(21)10-11-3-2-4-12(7-11)16(20)19-9-13-8-14(17)5-6-15(13)18/h2-8H,9-10H2,1H3,(H,19,20). The minimum atomic E-state index is -0.964. The molecule has 2 aromatic carbocycles. The number of carbonyl (C=O) groups is 1. The van der Waals surface area contributed by atoms with Crippen LogP contribution < -0.4 is 5.32 Å². The molecule has 0 saturated carbocycles. The smallest absolute Gasteiger partial charge is 0.251 e. The Bertz CT molecular complexity index is 721. The molecule has 0 fully saturated rings. The highest BCUT2D eigenvalue weighted by atomic mass is 79.9. The first-order valence-electron chi connectivity index (χ1n) is 6.57. The first-order valence-corrected chi connectivity index (χ1v) is 9.09. The molecule has 0 spiro atoms. The third-order valence-corrected chi connectivity index (χ3v) is 4.24. The summed E-state index contributed by atoms with van der Waals surface area (Å²) < 4.78 is 25.6. The first kappa shape index (κ1) is 16.8. The molecule has 22 heavy (non-hydrogen) atoms. The predicted molar refractivity (Wildman–Crippen MR) is 89.5 cm³/mol. The normalized spacial score (nSPS) is 12.0. The van der Waals surface area contributed by atoms with Gasteiger partial charge < -0.3 is 5.32 Å². The zero-order chi connectivity index (χ0) is 16.1. The molecule has 2 aromatic rings. The van der Waals surface area contributed by atoms with Crippen LogP contribution in [0.5, 0.6) is 0 Å². The van der Waals surface area contributed by atoms with Crippen LogP contribution in [0.2, 0.25) is 0 Å². The third-order valence-electron chi connectivity index (χ3n) is 3.01. The fourth-order valence-electron chi connectivity index (χ4n) is 1.99. The lowest BCUT2D eigenvalue weighted by molar-refractivity contribution is 0.0950. The van der Waals surface area contributed by atoms with Crippen LogP contribution >= 0.6 is 15.9 Å². The lowest BCUT2D eigenvalue weighted by atomic mass is 10.1. The van der Waals surface area contributed by atoms with Gasteiger partial charge in [0.25, 0.3) is 5.91 Å². The molecule has 0 bridgehead atoms. The molecule has 0 aromatic heterocycles. The fourth-order valence-corrected chi connectivity index (χ4v) is 3.05. The summed E-state index contributed by atoms with van der Waals surface area (Å²) >= 11 is 3.27. The lowest BCUT2D eigenvalue weighted by Gasteiger charge is -2.08. The maximum atomic E-state index is 13.6. The van der Waals surface area contributed by atoms with Crippen molar-refractivity contribution in [2.75, 3.05) is 6.26 Å². The summed E-state index contributed by atoms with van der Waals surface area (Å²) in [6.07, 6.45) is 1.61. The van der Waals surface area contributed by atoms with Crippen molar-refractivity contribution in [1.29, 1.82) is 0 Å². The van der Waals surface area contributed by atoms with Crippen molar-refractivity contribution in [1.82, 2.24) is 5.32 Å². The van der Waals surface area contributed by atoms with E-state index >= 15 is 0 Å². The third kappa shape index (κ3) is 4.74. The zero-order valence-electron chi connectivity index (χ0n) is 11.9. The second kappa shape index (κ2) is 7.65. The summed E-state index contributed by atoms with van der Waals surface area (Å²) in [4.78, 5) is 12.1. The van der Waals surface area contributed by atoms with Gasteiger partial charge in [0.1, 0.15) is 5.82 Å². The summed E-state index contributed by atoms with van der Waals surface area (Å²) in [5, 5.41) is 2.69. The molecule has 2 rings (SSSR count). The van der Waals surface area contributed by atoms with E-state index in [4.69, 9.17) is 0 Å². The molecule has 0 heterocycles. The summed E-state index contributed by atoms with van der Waals surface area (Å²) in [5.41, 5.74) is 1.72. The molecule has 0 aliphatic carbocycles. The maximum absolute atomic E-state index is 13.6. The van der Waals surface area contributed by atoms with Gasteiger partial charge in [0.05, 0.1) is 0 Å². The molecule has 0 radical (unpaired) electrons. The predicted octanol–water partition coefficient (Wildman–Crippen LogP) is 3.40. The van der Waals surface area contributed by atoms with E-state index in [1.165, 1.54) is 6.07 Å². The van der Waals surface area contributed by atoms with Gasteiger partial charge in [-0.2, -0.15) is 0 Å². The van der Waals surface area contributed by atoms with Crippen LogP contribution in [0.1, 0.15) is 21.5 Å². The Labute approximate surface area is 139 Å². The van der Waals surface area contributed by atoms with Crippen LogP contribution in [0, 0.1) is 5.82 Å². The number of halogens is 2. The monoisotopic (exact) mass is 383 g/mol. The minimum Gasteiger partial charge on any atom is -0.348 e. The largest absolute Gasteiger partial charge is 0.348 e. The van der Waals surface area contributed by atoms with Gasteiger partial charge in [-0.25, -0.2) is 4.39 Å². The highest BCUT2D eigenvalue weighted by molar-refractivity contribution is 9.10. The first-order chi connectivity index (χ1) is 10.5. The quantitative estimate of drug-likeness (QED) is 0.859. The molecule has 0 aliphatic rings. The van der Waals surface area contributed by atoms with Crippen molar-refractivity contribution in [2.24, 2.45) is 0 Å². The molecule has 3 nitrogen and oxygen atoms in total. The molecule has 6 heteroatoms. The Morgan fingerprint density at radius 2 is 2.05 bits per heavy atom. The van der Waals surface area contributed by atoms with Crippen molar-refractivity contribution in [3.05, 3.63) is 69.4 Å². The minimum absolute atomic E-state index is 0.105. The van der Waals surface area contributed by atoms with Crippen molar-refractivity contribution in [2.45, 2.75) is 12.3 Å². The average Bonchev–Trinajstić information content (AvgIpc) is 2.47. The second-order valence-corrected chi connectivity index (χ2v) is 7.19. The highest BCUT2D eigenvalue weighted by Gasteiger charge is 2.09. The van der Waals surface area contributed by atoms with Gasteiger partial charge in [0, 0.05) is 45.0 Å². The number of rotatable bonds is 5.